The highest BCUT2D eigenvalue weighted by molar-refractivity contribution is 5.89. The van der Waals surface area contributed by atoms with Crippen LogP contribution in [0.3, 0.4) is 0 Å². The molecule has 0 aliphatic carbocycles. The van der Waals surface area contributed by atoms with Crippen LogP contribution < -0.4 is 10.2 Å². The monoisotopic (exact) mass is 335 g/mol. The first-order valence-corrected chi connectivity index (χ1v) is 7.55. The first-order valence-electron chi connectivity index (χ1n) is 7.55. The van der Waals surface area contributed by atoms with Crippen LogP contribution in [0.25, 0.3) is 0 Å². The van der Waals surface area contributed by atoms with Gasteiger partial charge in [0, 0.05) is 32.2 Å². The molecular formula is C17H16F3N3O. The highest BCUT2D eigenvalue weighted by atomic mass is 19.1. The van der Waals surface area contributed by atoms with E-state index in [-0.39, 0.29) is 11.5 Å². The normalized spacial score (nSPS) is 14.6. The van der Waals surface area contributed by atoms with Crippen LogP contribution in [-0.4, -0.2) is 37.1 Å². The quantitative estimate of drug-likeness (QED) is 0.912. The van der Waals surface area contributed by atoms with Gasteiger partial charge in [-0.1, -0.05) is 12.1 Å². The zero-order chi connectivity index (χ0) is 17.1. The summed E-state index contributed by atoms with van der Waals surface area (Å²) < 4.78 is 40.5. The fourth-order valence-electron chi connectivity index (χ4n) is 2.65. The molecule has 1 saturated heterocycles. The summed E-state index contributed by atoms with van der Waals surface area (Å²) in [6, 6.07) is 8.82. The smallest absolute Gasteiger partial charge is 0.322 e. The van der Waals surface area contributed by atoms with Crippen LogP contribution in [0, 0.1) is 17.5 Å². The number of carbonyl (C=O) groups excluding carboxylic acids is 1. The van der Waals surface area contributed by atoms with E-state index in [4.69, 9.17) is 0 Å². The summed E-state index contributed by atoms with van der Waals surface area (Å²) in [4.78, 5) is 15.5. The number of nitrogens with zero attached hydrogens (tertiary/aromatic N) is 2. The second-order valence-electron chi connectivity index (χ2n) is 5.48. The van der Waals surface area contributed by atoms with E-state index in [1.54, 1.807) is 18.2 Å². The van der Waals surface area contributed by atoms with E-state index in [0.29, 0.717) is 31.9 Å². The lowest BCUT2D eigenvalue weighted by molar-refractivity contribution is 0.208. The van der Waals surface area contributed by atoms with Crippen molar-refractivity contribution in [3.63, 3.8) is 0 Å². The molecule has 2 aromatic carbocycles. The number of hydrogen-bond acceptors (Lipinski definition) is 2. The van der Waals surface area contributed by atoms with E-state index >= 15 is 0 Å². The first-order chi connectivity index (χ1) is 11.5. The van der Waals surface area contributed by atoms with Gasteiger partial charge >= 0.3 is 6.03 Å². The molecule has 1 heterocycles. The summed E-state index contributed by atoms with van der Waals surface area (Å²) in [5.41, 5.74) is 0.297. The largest absolute Gasteiger partial charge is 0.366 e. The summed E-state index contributed by atoms with van der Waals surface area (Å²) in [7, 11) is 0. The Kier molecular flexibility index (Phi) is 4.59. The molecule has 1 aliphatic heterocycles. The average Bonchev–Trinajstić information content (AvgIpc) is 2.59. The van der Waals surface area contributed by atoms with Gasteiger partial charge in [-0.3, -0.25) is 0 Å². The maximum atomic E-state index is 13.8. The zero-order valence-electron chi connectivity index (χ0n) is 12.8. The second kappa shape index (κ2) is 6.82. The van der Waals surface area contributed by atoms with E-state index < -0.39 is 17.7 Å². The number of urea groups is 1. The van der Waals surface area contributed by atoms with Crippen LogP contribution in [0.4, 0.5) is 29.3 Å². The number of halogens is 3. The van der Waals surface area contributed by atoms with Crippen molar-refractivity contribution in [2.24, 2.45) is 0 Å². The lowest BCUT2D eigenvalue weighted by atomic mass is 10.2. The Bertz CT molecular complexity index is 746. The Balaban J connectivity index is 1.61. The third-order valence-electron chi connectivity index (χ3n) is 3.93. The number of nitrogens with one attached hydrogen (secondary N) is 1. The van der Waals surface area contributed by atoms with Gasteiger partial charge in [0.2, 0.25) is 0 Å². The molecule has 1 N–H and O–H groups in total. The molecule has 3 rings (SSSR count). The number of para-hydroxylation sites is 1. The van der Waals surface area contributed by atoms with Crippen LogP contribution in [0.2, 0.25) is 0 Å². The van der Waals surface area contributed by atoms with Crippen molar-refractivity contribution in [2.75, 3.05) is 36.4 Å². The lowest BCUT2D eigenvalue weighted by Crippen LogP contribution is -2.50. The Hall–Kier alpha value is -2.70. The number of amides is 2. The molecule has 24 heavy (non-hydrogen) atoms. The molecule has 0 radical (unpaired) electrons. The van der Waals surface area contributed by atoms with Crippen molar-refractivity contribution >= 4 is 17.4 Å². The molecule has 7 heteroatoms. The number of carbonyl (C=O) groups is 1. The number of hydrogen-bond donors (Lipinski definition) is 1. The summed E-state index contributed by atoms with van der Waals surface area (Å²) >= 11 is 0. The summed E-state index contributed by atoms with van der Waals surface area (Å²) in [6.07, 6.45) is 0. The van der Waals surface area contributed by atoms with Gasteiger partial charge < -0.3 is 15.1 Å². The van der Waals surface area contributed by atoms with Gasteiger partial charge in [-0.25, -0.2) is 18.0 Å². The van der Waals surface area contributed by atoms with Crippen molar-refractivity contribution in [1.82, 2.24) is 4.90 Å². The van der Waals surface area contributed by atoms with Crippen molar-refractivity contribution in [2.45, 2.75) is 0 Å². The lowest BCUT2D eigenvalue weighted by Gasteiger charge is -2.36. The summed E-state index contributed by atoms with van der Waals surface area (Å²) in [6.45, 7) is 1.63. The fourth-order valence-corrected chi connectivity index (χ4v) is 2.65. The molecule has 0 aromatic heterocycles. The van der Waals surface area contributed by atoms with E-state index in [0.717, 1.165) is 18.2 Å². The minimum atomic E-state index is -0.699. The molecular weight excluding hydrogens is 319 g/mol. The molecule has 0 atom stereocenters. The maximum absolute atomic E-state index is 13.8. The summed E-state index contributed by atoms with van der Waals surface area (Å²) in [5, 5.41) is 2.37. The molecule has 2 aromatic rings. The van der Waals surface area contributed by atoms with Gasteiger partial charge in [0.15, 0.2) is 0 Å². The molecule has 1 aliphatic rings. The number of rotatable bonds is 2. The number of anilines is 2. The molecule has 126 valence electrons. The topological polar surface area (TPSA) is 35.6 Å². The van der Waals surface area contributed by atoms with Crippen LogP contribution in [0.5, 0.6) is 0 Å². The standard InChI is InChI=1S/C17H16F3N3O/c18-12-5-6-13(19)15(11-12)21-17(24)23-9-7-22(8-10-23)16-4-2-1-3-14(16)20/h1-6,11H,7-10H2,(H,21,24). The van der Waals surface area contributed by atoms with E-state index in [1.165, 1.54) is 11.0 Å². The molecule has 0 unspecified atom stereocenters. The molecule has 0 saturated carbocycles. The van der Waals surface area contributed by atoms with Crippen LogP contribution in [-0.2, 0) is 0 Å². The highest BCUT2D eigenvalue weighted by Gasteiger charge is 2.23. The van der Waals surface area contributed by atoms with Crippen molar-refractivity contribution in [1.29, 1.82) is 0 Å². The SMILES string of the molecule is O=C(Nc1cc(F)ccc1F)N1CCN(c2ccccc2F)CC1. The second-order valence-corrected chi connectivity index (χ2v) is 5.48. The van der Waals surface area contributed by atoms with Crippen LogP contribution in [0.1, 0.15) is 0 Å². The molecule has 1 fully saturated rings. The van der Waals surface area contributed by atoms with Gasteiger partial charge in [0.05, 0.1) is 11.4 Å². The average molecular weight is 335 g/mol. The van der Waals surface area contributed by atoms with Crippen LogP contribution in [0.15, 0.2) is 42.5 Å². The summed E-state index contributed by atoms with van der Waals surface area (Å²) in [5.74, 6) is -1.64. The van der Waals surface area contributed by atoms with Crippen molar-refractivity contribution < 1.29 is 18.0 Å². The van der Waals surface area contributed by atoms with Gasteiger partial charge in [-0.15, -0.1) is 0 Å². The van der Waals surface area contributed by atoms with E-state index in [2.05, 4.69) is 5.32 Å². The van der Waals surface area contributed by atoms with Gasteiger partial charge in [-0.05, 0) is 24.3 Å². The van der Waals surface area contributed by atoms with E-state index in [9.17, 15) is 18.0 Å². The molecule has 2 amide bonds. The van der Waals surface area contributed by atoms with E-state index in [1.807, 2.05) is 4.90 Å². The maximum Gasteiger partial charge on any atom is 0.322 e. The van der Waals surface area contributed by atoms with Crippen LogP contribution >= 0.6 is 0 Å². The van der Waals surface area contributed by atoms with Gasteiger partial charge in [0.1, 0.15) is 17.5 Å². The zero-order valence-corrected chi connectivity index (χ0v) is 12.8. The van der Waals surface area contributed by atoms with Crippen molar-refractivity contribution in [3.8, 4) is 0 Å². The Morgan fingerprint density at radius 1 is 0.917 bits per heavy atom. The minimum Gasteiger partial charge on any atom is -0.366 e. The highest BCUT2D eigenvalue weighted by Crippen LogP contribution is 2.21. The predicted molar refractivity (Wildman–Crippen MR) is 85.6 cm³/mol. The van der Waals surface area contributed by atoms with Gasteiger partial charge in [-0.2, -0.15) is 0 Å². The number of piperazine rings is 1. The Morgan fingerprint density at radius 2 is 1.62 bits per heavy atom. The first kappa shape index (κ1) is 16.2. The third-order valence-corrected chi connectivity index (χ3v) is 3.93. The van der Waals surface area contributed by atoms with Gasteiger partial charge in [0.25, 0.3) is 0 Å². The van der Waals surface area contributed by atoms with Crippen molar-refractivity contribution in [3.05, 3.63) is 59.9 Å². The minimum absolute atomic E-state index is 0.198. The Morgan fingerprint density at radius 3 is 2.33 bits per heavy atom. The Labute approximate surface area is 137 Å². The number of benzene rings is 2. The molecule has 0 spiro atoms. The third kappa shape index (κ3) is 3.45. The molecule has 0 bridgehead atoms. The predicted octanol–water partition coefficient (Wildman–Crippen LogP) is 3.46. The molecule has 4 nitrogen and oxygen atoms in total. The fraction of sp³-hybridized carbons (Fsp3) is 0.235.